The van der Waals surface area contributed by atoms with Gasteiger partial charge >= 0.3 is 0 Å². The lowest BCUT2D eigenvalue weighted by Gasteiger charge is -2.17. The molecule has 0 bridgehead atoms. The quantitative estimate of drug-likeness (QED) is 0.824. The molecule has 22 heavy (non-hydrogen) atoms. The maximum atomic E-state index is 5.64. The number of allylic oxidation sites excluding steroid dienone is 1. The van der Waals surface area contributed by atoms with Crippen molar-refractivity contribution in [1.29, 1.82) is 0 Å². The lowest BCUT2D eigenvalue weighted by atomic mass is 10.2. The lowest BCUT2D eigenvalue weighted by Crippen LogP contribution is -2.28. The number of nitrogens with one attached hydrogen (secondary N) is 1. The Morgan fingerprint density at radius 1 is 1.45 bits per heavy atom. The molecule has 0 saturated carbocycles. The highest BCUT2D eigenvalue weighted by molar-refractivity contribution is 9.10. The third-order valence-corrected chi connectivity index (χ3v) is 3.53. The molecule has 0 spiro atoms. The Hall–Kier alpha value is -2.06. The molecule has 1 N–H and O–H groups in total. The predicted octanol–water partition coefficient (Wildman–Crippen LogP) is 2.19. The molecule has 0 aromatic carbocycles. The number of hydrogen-bond donors (Lipinski definition) is 1. The maximum Gasteiger partial charge on any atom is 0.225 e. The highest BCUT2D eigenvalue weighted by Crippen LogP contribution is 2.12. The van der Waals surface area contributed by atoms with Gasteiger partial charge in [0.15, 0.2) is 0 Å². The van der Waals surface area contributed by atoms with E-state index in [0.717, 1.165) is 28.0 Å². The number of pyridine rings is 1. The van der Waals surface area contributed by atoms with Crippen molar-refractivity contribution in [2.24, 2.45) is 4.99 Å². The van der Waals surface area contributed by atoms with Crippen molar-refractivity contribution < 1.29 is 4.74 Å². The van der Waals surface area contributed by atoms with Crippen LogP contribution in [0, 0.1) is 0 Å². The van der Waals surface area contributed by atoms with E-state index < -0.39 is 0 Å². The van der Waals surface area contributed by atoms with Crippen LogP contribution in [0.4, 0.5) is 0 Å². The minimum absolute atomic E-state index is 0.330. The molecule has 0 fully saturated rings. The van der Waals surface area contributed by atoms with E-state index in [0.29, 0.717) is 6.61 Å². The van der Waals surface area contributed by atoms with E-state index in [1.807, 2.05) is 30.7 Å². The molecular weight excluding hydrogens is 348 g/mol. The molecule has 7 nitrogen and oxygen atoms in total. The van der Waals surface area contributed by atoms with E-state index in [4.69, 9.17) is 4.74 Å². The van der Waals surface area contributed by atoms with Crippen LogP contribution >= 0.6 is 15.9 Å². The van der Waals surface area contributed by atoms with Crippen molar-refractivity contribution in [3.8, 4) is 5.69 Å². The minimum atomic E-state index is -0.379. The summed E-state index contributed by atoms with van der Waals surface area (Å²) in [7, 11) is 0. The van der Waals surface area contributed by atoms with Crippen LogP contribution in [-0.2, 0) is 11.3 Å². The van der Waals surface area contributed by atoms with Crippen molar-refractivity contribution in [2.75, 3.05) is 0 Å². The van der Waals surface area contributed by atoms with E-state index in [1.54, 1.807) is 10.9 Å². The van der Waals surface area contributed by atoms with Crippen LogP contribution in [-0.4, -0.2) is 32.5 Å². The summed E-state index contributed by atoms with van der Waals surface area (Å²) in [5.41, 5.74) is 2.76. The standard InChI is InChI=1S/C14H15BrN6O/c1-2-10-6-17-14(18-7-10)22-9-11-8-21(20-19-11)12-3-4-16-13(15)5-12/h3-8,14,17H,2,9H2,1H3. The van der Waals surface area contributed by atoms with Gasteiger partial charge in [-0.2, -0.15) is 0 Å². The van der Waals surface area contributed by atoms with Crippen LogP contribution in [0.5, 0.6) is 0 Å². The van der Waals surface area contributed by atoms with Gasteiger partial charge < -0.3 is 10.1 Å². The minimum Gasteiger partial charge on any atom is -0.347 e. The Labute approximate surface area is 136 Å². The Balaban J connectivity index is 1.59. The fraction of sp³-hybridized carbons (Fsp3) is 0.286. The first-order valence-electron chi connectivity index (χ1n) is 6.87. The number of halogens is 1. The first-order valence-corrected chi connectivity index (χ1v) is 7.67. The Kier molecular flexibility index (Phi) is 4.59. The molecule has 8 heteroatoms. The summed E-state index contributed by atoms with van der Waals surface area (Å²) in [6, 6.07) is 3.72. The number of ether oxygens (including phenoxy) is 1. The second-order valence-corrected chi connectivity index (χ2v) is 5.48. The first-order chi connectivity index (χ1) is 10.7. The molecule has 2 aromatic rings. The smallest absolute Gasteiger partial charge is 0.225 e. The molecule has 3 heterocycles. The van der Waals surface area contributed by atoms with Crippen molar-refractivity contribution in [2.45, 2.75) is 26.3 Å². The first kappa shape index (κ1) is 14.9. The summed E-state index contributed by atoms with van der Waals surface area (Å²) in [5, 5.41) is 11.3. The third kappa shape index (κ3) is 3.58. The van der Waals surface area contributed by atoms with Gasteiger partial charge in [-0.05, 0) is 40.1 Å². The van der Waals surface area contributed by atoms with Gasteiger partial charge in [0.1, 0.15) is 10.3 Å². The number of aliphatic imine (C=N–C) groups is 1. The molecule has 0 saturated heterocycles. The van der Waals surface area contributed by atoms with Crippen LogP contribution in [0.25, 0.3) is 5.69 Å². The average Bonchev–Trinajstić information content (AvgIpc) is 3.02. The zero-order valence-corrected chi connectivity index (χ0v) is 13.6. The van der Waals surface area contributed by atoms with Crippen LogP contribution in [0.3, 0.4) is 0 Å². The fourth-order valence-corrected chi connectivity index (χ4v) is 2.25. The highest BCUT2D eigenvalue weighted by atomic mass is 79.9. The van der Waals surface area contributed by atoms with Crippen molar-refractivity contribution in [1.82, 2.24) is 25.3 Å². The number of aromatic nitrogens is 4. The Bertz CT molecular complexity index is 711. The van der Waals surface area contributed by atoms with Crippen LogP contribution < -0.4 is 5.32 Å². The van der Waals surface area contributed by atoms with Gasteiger partial charge in [0.2, 0.25) is 6.35 Å². The SMILES string of the molecule is CCC1=CNC(OCc2cn(-c3ccnc(Br)c3)nn2)N=C1. The molecule has 2 aromatic heterocycles. The average molecular weight is 363 g/mol. The van der Waals surface area contributed by atoms with Gasteiger partial charge in [-0.25, -0.2) is 14.7 Å². The fourth-order valence-electron chi connectivity index (χ4n) is 1.90. The van der Waals surface area contributed by atoms with E-state index in [1.165, 1.54) is 0 Å². The molecule has 0 amide bonds. The van der Waals surface area contributed by atoms with Gasteiger partial charge in [0.05, 0.1) is 18.5 Å². The zero-order chi connectivity index (χ0) is 15.4. The zero-order valence-electron chi connectivity index (χ0n) is 12.0. The van der Waals surface area contributed by atoms with Crippen molar-refractivity contribution >= 4 is 22.1 Å². The van der Waals surface area contributed by atoms with Gasteiger partial charge in [0, 0.05) is 18.6 Å². The van der Waals surface area contributed by atoms with Crippen LogP contribution in [0.15, 0.2) is 45.9 Å². The highest BCUT2D eigenvalue weighted by Gasteiger charge is 2.10. The summed E-state index contributed by atoms with van der Waals surface area (Å²) >= 11 is 3.33. The second-order valence-electron chi connectivity index (χ2n) is 4.67. The monoisotopic (exact) mass is 362 g/mol. The summed E-state index contributed by atoms with van der Waals surface area (Å²) in [5.74, 6) is 0. The molecule has 0 radical (unpaired) electrons. The van der Waals surface area contributed by atoms with Gasteiger partial charge in [-0.3, -0.25) is 0 Å². The largest absolute Gasteiger partial charge is 0.347 e. The molecular formula is C14H15BrN6O. The topological polar surface area (TPSA) is 77.2 Å². The Morgan fingerprint density at radius 3 is 3.09 bits per heavy atom. The summed E-state index contributed by atoms with van der Waals surface area (Å²) in [6.07, 6.45) is 7.83. The van der Waals surface area contributed by atoms with E-state index in [9.17, 15) is 0 Å². The van der Waals surface area contributed by atoms with Gasteiger partial charge in [0.25, 0.3) is 0 Å². The molecule has 1 atom stereocenters. The molecule has 1 aliphatic rings. The predicted molar refractivity (Wildman–Crippen MR) is 85.4 cm³/mol. The van der Waals surface area contributed by atoms with E-state index in [2.05, 4.69) is 48.5 Å². The van der Waals surface area contributed by atoms with E-state index >= 15 is 0 Å². The molecule has 114 valence electrons. The third-order valence-electron chi connectivity index (χ3n) is 3.10. The van der Waals surface area contributed by atoms with Crippen LogP contribution in [0.1, 0.15) is 19.0 Å². The van der Waals surface area contributed by atoms with Crippen molar-refractivity contribution in [3.63, 3.8) is 0 Å². The maximum absolute atomic E-state index is 5.64. The summed E-state index contributed by atoms with van der Waals surface area (Å²) in [6.45, 7) is 2.41. The summed E-state index contributed by atoms with van der Waals surface area (Å²) in [4.78, 5) is 8.36. The number of hydrogen-bond acceptors (Lipinski definition) is 6. The molecule has 1 aliphatic heterocycles. The van der Waals surface area contributed by atoms with Crippen LogP contribution in [0.2, 0.25) is 0 Å². The summed E-state index contributed by atoms with van der Waals surface area (Å²) < 4.78 is 8.07. The van der Waals surface area contributed by atoms with E-state index in [-0.39, 0.29) is 6.35 Å². The normalized spacial score (nSPS) is 17.2. The van der Waals surface area contributed by atoms with Crippen molar-refractivity contribution in [3.05, 3.63) is 46.6 Å². The second kappa shape index (κ2) is 6.80. The van der Waals surface area contributed by atoms with Gasteiger partial charge in [-0.15, -0.1) is 5.10 Å². The van der Waals surface area contributed by atoms with Gasteiger partial charge in [-0.1, -0.05) is 12.1 Å². The molecule has 3 rings (SSSR count). The number of rotatable bonds is 5. The molecule has 0 aliphatic carbocycles. The molecule has 1 unspecified atom stereocenters. The Morgan fingerprint density at radius 2 is 2.36 bits per heavy atom. The number of nitrogens with zero attached hydrogens (tertiary/aromatic N) is 5. The lowest BCUT2D eigenvalue weighted by molar-refractivity contribution is 0.0305.